The normalized spacial score (nSPS) is 18.1. The molecule has 0 spiro atoms. The number of nitrogens with zero attached hydrogens (tertiary/aromatic N) is 2. The van der Waals surface area contributed by atoms with Gasteiger partial charge in [-0.15, -0.1) is 0 Å². The van der Waals surface area contributed by atoms with Crippen LogP contribution in [0.25, 0.3) is 5.76 Å². The monoisotopic (exact) mass is 436 g/mol. The van der Waals surface area contributed by atoms with E-state index in [1.54, 1.807) is 30.2 Å². The molecule has 170 valence electrons. The summed E-state index contributed by atoms with van der Waals surface area (Å²) in [6, 6.07) is 12.5. The highest BCUT2D eigenvalue weighted by molar-refractivity contribution is 6.46. The second-order valence-electron chi connectivity index (χ2n) is 8.80. The number of hydrogen-bond acceptors (Lipinski definition) is 5. The Kier molecular flexibility index (Phi) is 7.04. The molecule has 1 unspecified atom stereocenters. The van der Waals surface area contributed by atoms with Crippen LogP contribution >= 0.6 is 0 Å². The minimum atomic E-state index is -0.660. The fourth-order valence-corrected chi connectivity index (χ4v) is 4.01. The van der Waals surface area contributed by atoms with E-state index in [1.165, 1.54) is 5.56 Å². The minimum absolute atomic E-state index is 0.121. The molecule has 1 aliphatic heterocycles. The molecule has 6 nitrogen and oxygen atoms in total. The second kappa shape index (κ2) is 9.57. The largest absolute Gasteiger partial charge is 0.507 e. The number of aryl methyl sites for hydroxylation is 1. The summed E-state index contributed by atoms with van der Waals surface area (Å²) in [4.78, 5) is 29.6. The third-order valence-electron chi connectivity index (χ3n) is 5.92. The van der Waals surface area contributed by atoms with Gasteiger partial charge in [0.25, 0.3) is 11.7 Å². The van der Waals surface area contributed by atoms with E-state index in [9.17, 15) is 14.7 Å². The number of benzene rings is 2. The van der Waals surface area contributed by atoms with Gasteiger partial charge in [0.1, 0.15) is 11.5 Å². The summed E-state index contributed by atoms with van der Waals surface area (Å²) in [5.41, 5.74) is 3.41. The van der Waals surface area contributed by atoms with Gasteiger partial charge in [0.2, 0.25) is 0 Å². The van der Waals surface area contributed by atoms with Gasteiger partial charge < -0.3 is 19.6 Å². The molecular formula is C26H32N2O4. The molecule has 2 aromatic carbocycles. The second-order valence-corrected chi connectivity index (χ2v) is 8.80. The van der Waals surface area contributed by atoms with E-state index >= 15 is 0 Å². The summed E-state index contributed by atoms with van der Waals surface area (Å²) < 4.78 is 5.30. The Hall–Kier alpha value is -3.12. The van der Waals surface area contributed by atoms with E-state index in [0.29, 0.717) is 30.3 Å². The first-order valence-electron chi connectivity index (χ1n) is 10.8. The Morgan fingerprint density at radius 2 is 1.78 bits per heavy atom. The lowest BCUT2D eigenvalue weighted by molar-refractivity contribution is -0.140. The van der Waals surface area contributed by atoms with E-state index in [1.807, 2.05) is 50.2 Å². The maximum absolute atomic E-state index is 13.1. The van der Waals surface area contributed by atoms with E-state index in [0.717, 1.165) is 11.1 Å². The van der Waals surface area contributed by atoms with Gasteiger partial charge in [0.05, 0.1) is 18.7 Å². The van der Waals surface area contributed by atoms with Crippen LogP contribution in [0.3, 0.4) is 0 Å². The molecule has 2 aromatic rings. The van der Waals surface area contributed by atoms with Crippen molar-refractivity contribution in [2.45, 2.75) is 32.7 Å². The maximum Gasteiger partial charge on any atom is 0.295 e. The van der Waals surface area contributed by atoms with Gasteiger partial charge in [-0.05, 0) is 61.8 Å². The number of ether oxygens (including phenoxy) is 1. The number of hydrogen-bond donors (Lipinski definition) is 1. The highest BCUT2D eigenvalue weighted by Gasteiger charge is 2.45. The van der Waals surface area contributed by atoms with Crippen LogP contribution in [0.2, 0.25) is 0 Å². The zero-order valence-electron chi connectivity index (χ0n) is 19.7. The molecule has 1 amide bonds. The first-order chi connectivity index (χ1) is 15.1. The van der Waals surface area contributed by atoms with E-state index in [2.05, 4.69) is 13.8 Å². The minimum Gasteiger partial charge on any atom is -0.507 e. The molecule has 0 aromatic heterocycles. The third-order valence-corrected chi connectivity index (χ3v) is 5.92. The predicted octanol–water partition coefficient (Wildman–Crippen LogP) is 4.11. The topological polar surface area (TPSA) is 70.1 Å². The SMILES string of the molecule is COc1ccc(/C(O)=C2/C(=O)C(=O)N(CCN(C)C)C2c2ccc(C(C)C)cc2)cc1C. The first kappa shape index (κ1) is 23.5. The lowest BCUT2D eigenvalue weighted by Crippen LogP contribution is -2.35. The summed E-state index contributed by atoms with van der Waals surface area (Å²) in [6.45, 7) is 7.09. The van der Waals surface area contributed by atoms with Crippen molar-refractivity contribution in [2.24, 2.45) is 0 Å². The number of carbonyl (C=O) groups is 2. The quantitative estimate of drug-likeness (QED) is 0.402. The summed E-state index contributed by atoms with van der Waals surface area (Å²) in [7, 11) is 5.42. The van der Waals surface area contributed by atoms with Crippen molar-refractivity contribution in [1.29, 1.82) is 0 Å². The average Bonchev–Trinajstić information content (AvgIpc) is 3.01. The van der Waals surface area contributed by atoms with Crippen molar-refractivity contribution < 1.29 is 19.4 Å². The zero-order valence-corrected chi connectivity index (χ0v) is 19.7. The van der Waals surface area contributed by atoms with Crippen molar-refractivity contribution >= 4 is 17.4 Å². The van der Waals surface area contributed by atoms with Crippen molar-refractivity contribution in [2.75, 3.05) is 34.3 Å². The Morgan fingerprint density at radius 1 is 1.12 bits per heavy atom. The summed E-state index contributed by atoms with van der Waals surface area (Å²) >= 11 is 0. The number of amides is 1. The van der Waals surface area contributed by atoms with Crippen LogP contribution in [0.15, 0.2) is 48.0 Å². The number of methoxy groups -OCH3 is 1. The number of Topliss-reactive ketones (excluding diaryl/α,β-unsaturated/α-hetero) is 1. The van der Waals surface area contributed by atoms with Crippen LogP contribution in [0.4, 0.5) is 0 Å². The lowest BCUT2D eigenvalue weighted by Gasteiger charge is -2.27. The molecule has 32 heavy (non-hydrogen) atoms. The van der Waals surface area contributed by atoms with Gasteiger partial charge in [-0.25, -0.2) is 0 Å². The van der Waals surface area contributed by atoms with Crippen molar-refractivity contribution in [1.82, 2.24) is 9.80 Å². The van der Waals surface area contributed by atoms with E-state index < -0.39 is 17.7 Å². The number of likely N-dealkylation sites (N-methyl/N-ethyl adjacent to an activating group) is 1. The van der Waals surface area contributed by atoms with Crippen LogP contribution in [-0.4, -0.2) is 60.9 Å². The van der Waals surface area contributed by atoms with Gasteiger partial charge in [-0.2, -0.15) is 0 Å². The molecule has 1 atom stereocenters. The van der Waals surface area contributed by atoms with E-state index in [-0.39, 0.29) is 11.3 Å². The highest BCUT2D eigenvalue weighted by Crippen LogP contribution is 2.40. The van der Waals surface area contributed by atoms with Crippen LogP contribution < -0.4 is 4.74 Å². The van der Waals surface area contributed by atoms with Crippen LogP contribution in [0.5, 0.6) is 5.75 Å². The van der Waals surface area contributed by atoms with Gasteiger partial charge in [0.15, 0.2) is 0 Å². The van der Waals surface area contributed by atoms with E-state index in [4.69, 9.17) is 4.74 Å². The van der Waals surface area contributed by atoms with Gasteiger partial charge in [-0.1, -0.05) is 38.1 Å². The molecule has 3 rings (SSSR count). The Bertz CT molecular complexity index is 1040. The molecule has 1 heterocycles. The Labute approximate surface area is 190 Å². The number of rotatable bonds is 7. The molecule has 0 radical (unpaired) electrons. The van der Waals surface area contributed by atoms with Crippen molar-refractivity contribution in [3.63, 3.8) is 0 Å². The number of likely N-dealkylation sites (tertiary alicyclic amines) is 1. The fourth-order valence-electron chi connectivity index (χ4n) is 4.01. The molecular weight excluding hydrogens is 404 g/mol. The summed E-state index contributed by atoms with van der Waals surface area (Å²) in [6.07, 6.45) is 0. The molecule has 6 heteroatoms. The maximum atomic E-state index is 13.1. The van der Waals surface area contributed by atoms with Gasteiger partial charge in [0, 0.05) is 18.7 Å². The Balaban J connectivity index is 2.14. The number of aliphatic hydroxyl groups excluding tert-OH is 1. The van der Waals surface area contributed by atoms with Crippen molar-refractivity contribution in [3.05, 3.63) is 70.3 Å². The molecule has 0 aliphatic carbocycles. The zero-order chi connectivity index (χ0) is 23.6. The van der Waals surface area contributed by atoms with Gasteiger partial charge in [-0.3, -0.25) is 9.59 Å². The highest BCUT2D eigenvalue weighted by atomic mass is 16.5. The first-order valence-corrected chi connectivity index (χ1v) is 10.8. The molecule has 1 fully saturated rings. The van der Waals surface area contributed by atoms with Crippen LogP contribution in [0.1, 0.15) is 48.1 Å². The fraction of sp³-hybridized carbons (Fsp3) is 0.385. The van der Waals surface area contributed by atoms with Crippen molar-refractivity contribution in [3.8, 4) is 5.75 Å². The molecule has 1 aliphatic rings. The summed E-state index contributed by atoms with van der Waals surface area (Å²) in [5.74, 6) is -0.358. The lowest BCUT2D eigenvalue weighted by atomic mass is 9.93. The molecule has 0 saturated carbocycles. The molecule has 0 bridgehead atoms. The number of aliphatic hydroxyl groups is 1. The predicted molar refractivity (Wildman–Crippen MR) is 126 cm³/mol. The third kappa shape index (κ3) is 4.55. The summed E-state index contributed by atoms with van der Waals surface area (Å²) in [5, 5.41) is 11.2. The number of carbonyl (C=O) groups excluding carboxylic acids is 2. The standard InChI is InChI=1S/C26H32N2O4/c1-16(2)18-7-9-19(10-8-18)23-22(25(30)26(31)28(23)14-13-27(4)5)24(29)20-11-12-21(32-6)17(3)15-20/h7-12,15-16,23,29H,13-14H2,1-6H3/b24-22-. The Morgan fingerprint density at radius 3 is 2.31 bits per heavy atom. The van der Waals surface area contributed by atoms with Crippen LogP contribution in [-0.2, 0) is 9.59 Å². The molecule has 1 saturated heterocycles. The number of ketones is 1. The average molecular weight is 437 g/mol. The molecule has 1 N–H and O–H groups in total. The van der Waals surface area contributed by atoms with Gasteiger partial charge >= 0.3 is 0 Å². The van der Waals surface area contributed by atoms with Crippen LogP contribution in [0, 0.1) is 6.92 Å². The smallest absolute Gasteiger partial charge is 0.295 e.